The Hall–Kier alpha value is -5.41. The zero-order valence-corrected chi connectivity index (χ0v) is 24.5. The molecule has 0 saturated carbocycles. The molecule has 0 atom stereocenters. The summed E-state index contributed by atoms with van der Waals surface area (Å²) in [7, 11) is 0. The summed E-state index contributed by atoms with van der Waals surface area (Å²) < 4.78 is 12.6. The van der Waals surface area contributed by atoms with E-state index in [4.69, 9.17) is 14.1 Å². The van der Waals surface area contributed by atoms with Gasteiger partial charge < -0.3 is 9.15 Å². The van der Waals surface area contributed by atoms with Crippen molar-refractivity contribution >= 4 is 11.1 Å². The van der Waals surface area contributed by atoms with Crippen LogP contribution in [-0.4, -0.2) is 4.98 Å². The summed E-state index contributed by atoms with van der Waals surface area (Å²) in [5.41, 5.74) is 11.8. The summed E-state index contributed by atoms with van der Waals surface area (Å²) in [6.45, 7) is 4.70. The van der Waals surface area contributed by atoms with E-state index in [0.717, 1.165) is 33.7 Å². The van der Waals surface area contributed by atoms with Gasteiger partial charge in [0.15, 0.2) is 5.58 Å². The predicted octanol–water partition coefficient (Wildman–Crippen LogP) is 10.3. The molecule has 210 valence electrons. The van der Waals surface area contributed by atoms with E-state index in [9.17, 15) is 0 Å². The first kappa shape index (κ1) is 25.1. The molecular weight excluding hydrogens is 538 g/mol. The molecular formula is C41H29NO2. The fourth-order valence-corrected chi connectivity index (χ4v) is 7.60. The smallest absolute Gasteiger partial charge is 0.227 e. The van der Waals surface area contributed by atoms with Crippen molar-refractivity contribution in [3.05, 3.63) is 173 Å². The van der Waals surface area contributed by atoms with Crippen LogP contribution in [0.25, 0.3) is 33.7 Å². The highest BCUT2D eigenvalue weighted by molar-refractivity contribution is 5.80. The molecule has 0 N–H and O–H groups in total. The van der Waals surface area contributed by atoms with E-state index in [1.54, 1.807) is 0 Å². The molecule has 0 amide bonds. The van der Waals surface area contributed by atoms with Crippen molar-refractivity contribution in [2.75, 3.05) is 0 Å². The number of nitrogens with zero attached hydrogens (tertiary/aromatic N) is 1. The quantitative estimate of drug-likeness (QED) is 0.208. The van der Waals surface area contributed by atoms with Crippen LogP contribution >= 0.6 is 0 Å². The molecule has 0 fully saturated rings. The van der Waals surface area contributed by atoms with Gasteiger partial charge in [0.1, 0.15) is 17.0 Å². The van der Waals surface area contributed by atoms with Gasteiger partial charge in [-0.25, -0.2) is 4.98 Å². The van der Waals surface area contributed by atoms with E-state index in [1.165, 1.54) is 38.9 Å². The molecule has 0 saturated heterocycles. The third-order valence-electron chi connectivity index (χ3n) is 9.66. The van der Waals surface area contributed by atoms with E-state index in [0.29, 0.717) is 5.89 Å². The SMILES string of the molecule is CC1(C)c2ccccc2C2(c3ccccc3Oc3ccccc32)c2cc(-c3ccc(-c4nc5ccccc5o4)cc3)ccc21. The Labute approximate surface area is 256 Å². The number of rotatable bonds is 2. The largest absolute Gasteiger partial charge is 0.457 e. The van der Waals surface area contributed by atoms with Crippen LogP contribution < -0.4 is 4.74 Å². The maximum atomic E-state index is 6.56. The minimum Gasteiger partial charge on any atom is -0.457 e. The lowest BCUT2D eigenvalue weighted by Crippen LogP contribution is -2.43. The van der Waals surface area contributed by atoms with Crippen LogP contribution in [0.15, 0.2) is 144 Å². The number of hydrogen-bond acceptors (Lipinski definition) is 3. The molecule has 9 rings (SSSR count). The first-order valence-corrected chi connectivity index (χ1v) is 15.1. The van der Waals surface area contributed by atoms with Crippen molar-refractivity contribution in [3.8, 4) is 34.1 Å². The summed E-state index contributed by atoms with van der Waals surface area (Å²) in [5, 5.41) is 0. The monoisotopic (exact) mass is 567 g/mol. The van der Waals surface area contributed by atoms with Crippen molar-refractivity contribution in [3.63, 3.8) is 0 Å². The third kappa shape index (κ3) is 3.35. The van der Waals surface area contributed by atoms with Crippen LogP contribution in [0.2, 0.25) is 0 Å². The molecule has 7 aromatic rings. The lowest BCUT2D eigenvalue weighted by Gasteiger charge is -2.50. The van der Waals surface area contributed by atoms with E-state index in [-0.39, 0.29) is 5.41 Å². The summed E-state index contributed by atoms with van der Waals surface area (Å²) in [6.07, 6.45) is 0. The third-order valence-corrected chi connectivity index (χ3v) is 9.66. The van der Waals surface area contributed by atoms with Gasteiger partial charge in [-0.1, -0.05) is 111 Å². The summed E-state index contributed by atoms with van der Waals surface area (Å²) >= 11 is 0. The molecule has 2 heterocycles. The maximum absolute atomic E-state index is 6.56. The number of benzene rings is 6. The minimum atomic E-state index is -0.527. The van der Waals surface area contributed by atoms with Gasteiger partial charge in [0, 0.05) is 22.1 Å². The highest BCUT2D eigenvalue weighted by Crippen LogP contribution is 2.61. The molecule has 1 spiro atoms. The molecule has 6 aromatic carbocycles. The lowest BCUT2D eigenvalue weighted by molar-refractivity contribution is 0.425. The maximum Gasteiger partial charge on any atom is 0.227 e. The Morgan fingerprint density at radius 2 is 1.02 bits per heavy atom. The summed E-state index contributed by atoms with van der Waals surface area (Å²) in [5.74, 6) is 2.44. The zero-order valence-electron chi connectivity index (χ0n) is 24.5. The van der Waals surface area contributed by atoms with Crippen LogP contribution in [0.4, 0.5) is 0 Å². The molecule has 3 nitrogen and oxygen atoms in total. The number of ether oxygens (including phenoxy) is 1. The van der Waals surface area contributed by atoms with Gasteiger partial charge in [0.2, 0.25) is 5.89 Å². The second-order valence-corrected chi connectivity index (χ2v) is 12.3. The lowest BCUT2D eigenvalue weighted by atomic mass is 9.53. The first-order valence-electron chi connectivity index (χ1n) is 15.1. The van der Waals surface area contributed by atoms with E-state index in [2.05, 4.69) is 129 Å². The molecule has 0 bridgehead atoms. The van der Waals surface area contributed by atoms with Crippen LogP contribution in [0.3, 0.4) is 0 Å². The average molecular weight is 568 g/mol. The highest BCUT2D eigenvalue weighted by atomic mass is 16.5. The Morgan fingerprint density at radius 1 is 0.477 bits per heavy atom. The van der Waals surface area contributed by atoms with Gasteiger partial charge in [-0.05, 0) is 75.8 Å². The number of hydrogen-bond donors (Lipinski definition) is 0. The number of aromatic nitrogens is 1. The van der Waals surface area contributed by atoms with Crippen LogP contribution in [-0.2, 0) is 10.8 Å². The molecule has 1 aliphatic carbocycles. The Kier molecular flexibility index (Phi) is 5.16. The number of oxazole rings is 1. The second kappa shape index (κ2) is 9.05. The molecule has 1 aliphatic heterocycles. The summed E-state index contributed by atoms with van der Waals surface area (Å²) in [6, 6.07) is 49.5. The van der Waals surface area contributed by atoms with Crippen molar-refractivity contribution in [2.45, 2.75) is 24.7 Å². The number of fused-ring (bicyclic) bond motifs is 9. The Bertz CT molecular complexity index is 2160. The Balaban J connectivity index is 1.28. The molecule has 44 heavy (non-hydrogen) atoms. The van der Waals surface area contributed by atoms with Gasteiger partial charge in [-0.15, -0.1) is 0 Å². The predicted molar refractivity (Wildman–Crippen MR) is 175 cm³/mol. The standard InChI is InChI=1S/C41H29NO2/c1-40(2)29-11-3-4-12-31(29)41(32-13-5-8-16-36(32)43-37-17-9-6-14-33(37)41)34-25-28(23-24-30(34)40)26-19-21-27(22-20-26)39-42-35-15-7-10-18-38(35)44-39/h3-25H,1-2H3. The van der Waals surface area contributed by atoms with Crippen molar-refractivity contribution in [1.29, 1.82) is 0 Å². The summed E-state index contributed by atoms with van der Waals surface area (Å²) in [4.78, 5) is 4.70. The molecule has 0 unspecified atom stereocenters. The van der Waals surface area contributed by atoms with Gasteiger partial charge in [-0.3, -0.25) is 0 Å². The van der Waals surface area contributed by atoms with Gasteiger partial charge >= 0.3 is 0 Å². The van der Waals surface area contributed by atoms with Gasteiger partial charge in [0.05, 0.1) is 5.41 Å². The first-order chi connectivity index (χ1) is 21.5. The number of para-hydroxylation sites is 4. The highest BCUT2D eigenvalue weighted by Gasteiger charge is 2.52. The van der Waals surface area contributed by atoms with Crippen LogP contribution in [0, 0.1) is 0 Å². The van der Waals surface area contributed by atoms with E-state index in [1.807, 2.05) is 24.3 Å². The Morgan fingerprint density at radius 3 is 1.73 bits per heavy atom. The van der Waals surface area contributed by atoms with Crippen molar-refractivity contribution in [1.82, 2.24) is 4.98 Å². The van der Waals surface area contributed by atoms with Crippen molar-refractivity contribution in [2.24, 2.45) is 0 Å². The van der Waals surface area contributed by atoms with Gasteiger partial charge in [-0.2, -0.15) is 0 Å². The molecule has 2 aliphatic rings. The molecule has 0 radical (unpaired) electrons. The molecule has 1 aromatic heterocycles. The van der Waals surface area contributed by atoms with Crippen LogP contribution in [0.5, 0.6) is 11.5 Å². The van der Waals surface area contributed by atoms with Gasteiger partial charge in [0.25, 0.3) is 0 Å². The average Bonchev–Trinajstić information content (AvgIpc) is 3.51. The normalized spacial score (nSPS) is 15.1. The molecule has 3 heteroatoms. The zero-order chi connectivity index (χ0) is 29.5. The second-order valence-electron chi connectivity index (χ2n) is 12.3. The fraction of sp³-hybridized carbons (Fsp3) is 0.0976. The fourth-order valence-electron chi connectivity index (χ4n) is 7.60. The van der Waals surface area contributed by atoms with Crippen molar-refractivity contribution < 1.29 is 9.15 Å². The minimum absolute atomic E-state index is 0.186. The van der Waals surface area contributed by atoms with E-state index < -0.39 is 5.41 Å². The topological polar surface area (TPSA) is 35.3 Å². The van der Waals surface area contributed by atoms with Crippen LogP contribution in [0.1, 0.15) is 47.2 Å². The van der Waals surface area contributed by atoms with E-state index >= 15 is 0 Å².